The predicted molar refractivity (Wildman–Crippen MR) is 83.6 cm³/mol. The second-order valence-electron chi connectivity index (χ2n) is 4.86. The molecule has 0 radical (unpaired) electrons. The van der Waals surface area contributed by atoms with Gasteiger partial charge in [-0.15, -0.1) is 0 Å². The van der Waals surface area contributed by atoms with Gasteiger partial charge in [0.05, 0.1) is 19.2 Å². The van der Waals surface area contributed by atoms with Gasteiger partial charge in [-0.1, -0.05) is 23.4 Å². The number of rotatable bonds is 6. The Morgan fingerprint density at radius 1 is 1.13 bits per heavy atom. The highest BCUT2D eigenvalue weighted by Crippen LogP contribution is 2.25. The van der Waals surface area contributed by atoms with E-state index in [0.717, 1.165) is 5.56 Å². The SMILES string of the molecule is COc1ccc(-c2ccc(C(CCC(=O)O)=NO)c(F)c2)cc1. The van der Waals surface area contributed by atoms with Gasteiger partial charge >= 0.3 is 5.97 Å². The Balaban J connectivity index is 2.27. The molecule has 0 bridgehead atoms. The van der Waals surface area contributed by atoms with Crippen LogP contribution in [-0.2, 0) is 4.79 Å². The highest BCUT2D eigenvalue weighted by atomic mass is 19.1. The van der Waals surface area contributed by atoms with Gasteiger partial charge in [-0.05, 0) is 35.4 Å². The molecular formula is C17H16FNO4. The lowest BCUT2D eigenvalue weighted by molar-refractivity contribution is -0.136. The molecule has 0 amide bonds. The molecule has 2 aromatic carbocycles. The van der Waals surface area contributed by atoms with Crippen LogP contribution in [0.15, 0.2) is 47.6 Å². The maximum absolute atomic E-state index is 14.3. The fourth-order valence-corrected chi connectivity index (χ4v) is 2.18. The minimum absolute atomic E-state index is 0.00572. The van der Waals surface area contributed by atoms with E-state index >= 15 is 0 Å². The minimum Gasteiger partial charge on any atom is -0.497 e. The van der Waals surface area contributed by atoms with Gasteiger partial charge in [0.1, 0.15) is 11.6 Å². The fourth-order valence-electron chi connectivity index (χ4n) is 2.18. The van der Waals surface area contributed by atoms with E-state index in [1.54, 1.807) is 37.4 Å². The largest absolute Gasteiger partial charge is 0.497 e. The van der Waals surface area contributed by atoms with Crippen molar-refractivity contribution in [2.75, 3.05) is 7.11 Å². The molecule has 0 fully saturated rings. The van der Waals surface area contributed by atoms with Crippen molar-refractivity contribution in [2.24, 2.45) is 5.16 Å². The average Bonchev–Trinajstić information content (AvgIpc) is 2.56. The van der Waals surface area contributed by atoms with Crippen molar-refractivity contribution in [1.82, 2.24) is 0 Å². The predicted octanol–water partition coefficient (Wildman–Crippen LogP) is 3.54. The second kappa shape index (κ2) is 7.40. The van der Waals surface area contributed by atoms with Crippen molar-refractivity contribution in [3.05, 3.63) is 53.8 Å². The number of aliphatic carboxylic acids is 1. The van der Waals surface area contributed by atoms with Gasteiger partial charge in [0.15, 0.2) is 0 Å². The van der Waals surface area contributed by atoms with E-state index in [-0.39, 0.29) is 24.1 Å². The van der Waals surface area contributed by atoms with Crippen molar-refractivity contribution in [1.29, 1.82) is 0 Å². The molecule has 0 spiro atoms. The van der Waals surface area contributed by atoms with Gasteiger partial charge in [-0.3, -0.25) is 4.79 Å². The number of carboxylic acid groups (broad SMARTS) is 1. The molecule has 120 valence electrons. The summed E-state index contributed by atoms with van der Waals surface area (Å²) in [5.74, 6) is -0.910. The molecule has 0 aliphatic carbocycles. The van der Waals surface area contributed by atoms with E-state index in [2.05, 4.69) is 5.16 Å². The number of nitrogens with zero attached hydrogens (tertiary/aromatic N) is 1. The highest BCUT2D eigenvalue weighted by molar-refractivity contribution is 6.01. The maximum atomic E-state index is 14.3. The zero-order chi connectivity index (χ0) is 16.8. The van der Waals surface area contributed by atoms with E-state index < -0.39 is 11.8 Å². The standard InChI is InChI=1S/C17H16FNO4/c1-23-13-5-2-11(3-6-13)12-4-7-14(15(18)10-12)16(19-22)8-9-17(20)21/h2-7,10,22H,8-9H2,1H3,(H,20,21). The molecule has 2 N–H and O–H groups in total. The van der Waals surface area contributed by atoms with E-state index in [4.69, 9.17) is 15.1 Å². The molecule has 0 aromatic heterocycles. The topological polar surface area (TPSA) is 79.1 Å². The highest BCUT2D eigenvalue weighted by Gasteiger charge is 2.13. The van der Waals surface area contributed by atoms with Crippen molar-refractivity contribution >= 4 is 11.7 Å². The number of oxime groups is 1. The monoisotopic (exact) mass is 317 g/mol. The molecule has 0 heterocycles. The summed E-state index contributed by atoms with van der Waals surface area (Å²) in [6.07, 6.45) is -0.288. The van der Waals surface area contributed by atoms with E-state index in [9.17, 15) is 9.18 Å². The number of benzene rings is 2. The summed E-state index contributed by atoms with van der Waals surface area (Å²) in [5.41, 5.74) is 1.56. The molecule has 0 aliphatic heterocycles. The van der Waals surface area contributed by atoms with Gasteiger partial charge in [0.25, 0.3) is 0 Å². The summed E-state index contributed by atoms with van der Waals surface area (Å²) in [6.45, 7) is 0. The first-order chi connectivity index (χ1) is 11.0. The number of ether oxygens (including phenoxy) is 1. The quantitative estimate of drug-likeness (QED) is 0.485. The Morgan fingerprint density at radius 2 is 1.78 bits per heavy atom. The third-order valence-corrected chi connectivity index (χ3v) is 3.40. The van der Waals surface area contributed by atoms with Crippen LogP contribution in [0.5, 0.6) is 5.75 Å². The summed E-state index contributed by atoms with van der Waals surface area (Å²) in [7, 11) is 1.57. The van der Waals surface area contributed by atoms with Crippen molar-refractivity contribution in [3.63, 3.8) is 0 Å². The van der Waals surface area contributed by atoms with Crippen molar-refractivity contribution < 1.29 is 24.2 Å². The van der Waals surface area contributed by atoms with Gasteiger partial charge in [-0.25, -0.2) is 4.39 Å². The van der Waals surface area contributed by atoms with Gasteiger partial charge < -0.3 is 15.1 Å². The second-order valence-corrected chi connectivity index (χ2v) is 4.86. The summed E-state index contributed by atoms with van der Waals surface area (Å²) in [4.78, 5) is 10.6. The Bertz CT molecular complexity index is 726. The van der Waals surface area contributed by atoms with E-state index in [1.807, 2.05) is 0 Å². The molecule has 2 rings (SSSR count). The third-order valence-electron chi connectivity index (χ3n) is 3.40. The molecular weight excluding hydrogens is 301 g/mol. The molecule has 0 atom stereocenters. The van der Waals surface area contributed by atoms with Gasteiger partial charge in [0, 0.05) is 12.0 Å². The molecule has 23 heavy (non-hydrogen) atoms. The normalized spacial score (nSPS) is 11.3. The average molecular weight is 317 g/mol. The number of carbonyl (C=O) groups is 1. The first-order valence-electron chi connectivity index (χ1n) is 6.92. The fraction of sp³-hybridized carbons (Fsp3) is 0.176. The molecule has 6 heteroatoms. The Morgan fingerprint density at radius 3 is 2.30 bits per heavy atom. The Kier molecular flexibility index (Phi) is 5.30. The van der Waals surface area contributed by atoms with Crippen LogP contribution in [0.3, 0.4) is 0 Å². The maximum Gasteiger partial charge on any atom is 0.303 e. The molecule has 0 saturated heterocycles. The van der Waals surface area contributed by atoms with Crippen LogP contribution in [0.2, 0.25) is 0 Å². The van der Waals surface area contributed by atoms with Crippen LogP contribution in [0.4, 0.5) is 4.39 Å². The minimum atomic E-state index is -1.04. The molecule has 2 aromatic rings. The Labute approximate surface area is 132 Å². The summed E-state index contributed by atoms with van der Waals surface area (Å²) < 4.78 is 19.4. The van der Waals surface area contributed by atoms with Gasteiger partial charge in [-0.2, -0.15) is 0 Å². The number of carboxylic acids is 1. The smallest absolute Gasteiger partial charge is 0.303 e. The lowest BCUT2D eigenvalue weighted by atomic mass is 9.99. The van der Waals surface area contributed by atoms with Crippen molar-refractivity contribution in [2.45, 2.75) is 12.8 Å². The lowest BCUT2D eigenvalue weighted by Gasteiger charge is -2.08. The number of hydrogen-bond acceptors (Lipinski definition) is 4. The zero-order valence-electron chi connectivity index (χ0n) is 12.5. The number of halogens is 1. The van der Waals surface area contributed by atoms with Crippen molar-refractivity contribution in [3.8, 4) is 16.9 Å². The zero-order valence-corrected chi connectivity index (χ0v) is 12.5. The summed E-state index contributed by atoms with van der Waals surface area (Å²) in [6, 6.07) is 11.6. The van der Waals surface area contributed by atoms with E-state index in [1.165, 1.54) is 12.1 Å². The van der Waals surface area contributed by atoms with Crippen LogP contribution in [0, 0.1) is 5.82 Å². The van der Waals surface area contributed by atoms with Gasteiger partial charge in [0.2, 0.25) is 0 Å². The van der Waals surface area contributed by atoms with Crippen LogP contribution in [-0.4, -0.2) is 29.1 Å². The summed E-state index contributed by atoms with van der Waals surface area (Å²) >= 11 is 0. The molecule has 0 unspecified atom stereocenters. The van der Waals surface area contributed by atoms with Crippen LogP contribution in [0.1, 0.15) is 18.4 Å². The van der Waals surface area contributed by atoms with Crippen LogP contribution < -0.4 is 4.74 Å². The number of methoxy groups -OCH3 is 1. The first kappa shape index (κ1) is 16.5. The van der Waals surface area contributed by atoms with Crippen LogP contribution >= 0.6 is 0 Å². The lowest BCUT2D eigenvalue weighted by Crippen LogP contribution is -2.07. The summed E-state index contributed by atoms with van der Waals surface area (Å²) in [5, 5.41) is 20.7. The number of hydrogen-bond donors (Lipinski definition) is 2. The van der Waals surface area contributed by atoms with Crippen LogP contribution in [0.25, 0.3) is 11.1 Å². The van der Waals surface area contributed by atoms with E-state index in [0.29, 0.717) is 11.3 Å². The molecule has 5 nitrogen and oxygen atoms in total. The third kappa shape index (κ3) is 4.06. The molecule has 0 saturated carbocycles. The molecule has 0 aliphatic rings. The first-order valence-corrected chi connectivity index (χ1v) is 6.92. The Hall–Kier alpha value is -2.89.